The van der Waals surface area contributed by atoms with Gasteiger partial charge in [0.2, 0.25) is 11.8 Å². The summed E-state index contributed by atoms with van der Waals surface area (Å²) in [6, 6.07) is 21.1. The molecule has 0 aromatic heterocycles. The van der Waals surface area contributed by atoms with E-state index >= 15 is 0 Å². The molecule has 0 heterocycles. The van der Waals surface area contributed by atoms with Crippen LogP contribution in [0.25, 0.3) is 0 Å². The highest BCUT2D eigenvalue weighted by Gasteiger charge is 2.33. The standard InChI is InChI=1S/C30H36ClN3O5S/c1-5-27(30(36)32-22(2)3)33(19-18-23-12-8-6-9-13-23)29(35)21-34(24-16-17-28(39-4)26(31)20-24)40(37,38)25-14-10-7-11-15-25/h6-17,20,22,27H,5,18-19,21H2,1-4H3,(H,32,36)/t27-/m0/s1. The summed E-state index contributed by atoms with van der Waals surface area (Å²) in [4.78, 5) is 28.7. The van der Waals surface area contributed by atoms with Crippen molar-refractivity contribution < 1.29 is 22.7 Å². The van der Waals surface area contributed by atoms with E-state index in [-0.39, 0.29) is 34.1 Å². The Morgan fingerprint density at radius 1 is 0.975 bits per heavy atom. The lowest BCUT2D eigenvalue weighted by atomic mass is 10.1. The fourth-order valence-corrected chi connectivity index (χ4v) is 6.01. The van der Waals surface area contributed by atoms with E-state index in [9.17, 15) is 18.0 Å². The molecule has 0 aliphatic carbocycles. The molecule has 0 bridgehead atoms. The van der Waals surface area contributed by atoms with Gasteiger partial charge in [0.1, 0.15) is 18.3 Å². The average molecular weight is 586 g/mol. The molecule has 0 unspecified atom stereocenters. The van der Waals surface area contributed by atoms with Gasteiger partial charge in [-0.1, -0.05) is 67.1 Å². The average Bonchev–Trinajstić information content (AvgIpc) is 2.94. The number of sulfonamides is 1. The molecule has 1 N–H and O–H groups in total. The number of nitrogens with zero attached hydrogens (tertiary/aromatic N) is 2. The topological polar surface area (TPSA) is 96.0 Å². The van der Waals surface area contributed by atoms with Crippen LogP contribution in [0.3, 0.4) is 0 Å². The molecule has 3 aromatic carbocycles. The smallest absolute Gasteiger partial charge is 0.264 e. The van der Waals surface area contributed by atoms with Crippen LogP contribution < -0.4 is 14.4 Å². The largest absolute Gasteiger partial charge is 0.495 e. The zero-order chi connectivity index (χ0) is 29.3. The maximum absolute atomic E-state index is 14.0. The monoisotopic (exact) mass is 585 g/mol. The SMILES string of the molecule is CC[C@@H](C(=O)NC(C)C)N(CCc1ccccc1)C(=O)CN(c1ccc(OC)c(Cl)c1)S(=O)(=O)c1ccccc1. The van der Waals surface area contributed by atoms with Crippen molar-refractivity contribution in [2.45, 2.75) is 50.6 Å². The predicted molar refractivity (Wildman–Crippen MR) is 158 cm³/mol. The Morgan fingerprint density at radius 3 is 2.15 bits per heavy atom. The quantitative estimate of drug-likeness (QED) is 0.307. The molecule has 3 rings (SSSR count). The Labute approximate surface area is 241 Å². The van der Waals surface area contributed by atoms with Crippen molar-refractivity contribution in [3.63, 3.8) is 0 Å². The van der Waals surface area contributed by atoms with Crippen LogP contribution in [-0.2, 0) is 26.0 Å². The normalized spacial score (nSPS) is 12.1. The van der Waals surface area contributed by atoms with Gasteiger partial charge in [-0.3, -0.25) is 13.9 Å². The molecule has 214 valence electrons. The third kappa shape index (κ3) is 7.76. The lowest BCUT2D eigenvalue weighted by Gasteiger charge is -2.33. The van der Waals surface area contributed by atoms with Gasteiger partial charge in [-0.05, 0) is 62.6 Å². The lowest BCUT2D eigenvalue weighted by molar-refractivity contribution is -0.139. The number of halogens is 1. The van der Waals surface area contributed by atoms with Crippen LogP contribution in [0.4, 0.5) is 5.69 Å². The summed E-state index contributed by atoms with van der Waals surface area (Å²) in [5.41, 5.74) is 1.20. The van der Waals surface area contributed by atoms with E-state index in [1.807, 2.05) is 51.1 Å². The number of methoxy groups -OCH3 is 1. The van der Waals surface area contributed by atoms with E-state index in [0.29, 0.717) is 18.6 Å². The summed E-state index contributed by atoms with van der Waals surface area (Å²) in [5, 5.41) is 3.09. The lowest BCUT2D eigenvalue weighted by Crippen LogP contribution is -2.54. The number of hydrogen-bond donors (Lipinski definition) is 1. The predicted octanol–water partition coefficient (Wildman–Crippen LogP) is 4.92. The number of ether oxygens (including phenoxy) is 1. The van der Waals surface area contributed by atoms with Crippen molar-refractivity contribution >= 4 is 39.1 Å². The number of nitrogens with one attached hydrogen (secondary N) is 1. The maximum atomic E-state index is 14.0. The van der Waals surface area contributed by atoms with Gasteiger partial charge in [0.05, 0.1) is 22.7 Å². The van der Waals surface area contributed by atoms with Crippen LogP contribution in [0.5, 0.6) is 5.75 Å². The molecule has 0 radical (unpaired) electrons. The molecule has 2 amide bonds. The van der Waals surface area contributed by atoms with Crippen molar-refractivity contribution in [3.05, 3.63) is 89.4 Å². The second kappa shape index (κ2) is 14.2. The van der Waals surface area contributed by atoms with E-state index in [2.05, 4.69) is 5.32 Å². The first-order valence-electron chi connectivity index (χ1n) is 13.1. The number of carbonyl (C=O) groups is 2. The minimum Gasteiger partial charge on any atom is -0.495 e. The molecule has 10 heteroatoms. The van der Waals surface area contributed by atoms with Gasteiger partial charge in [-0.15, -0.1) is 0 Å². The molecular formula is C30H36ClN3O5S. The van der Waals surface area contributed by atoms with Gasteiger partial charge < -0.3 is 15.0 Å². The molecule has 0 aliphatic rings. The zero-order valence-electron chi connectivity index (χ0n) is 23.2. The van der Waals surface area contributed by atoms with Gasteiger partial charge in [0.25, 0.3) is 10.0 Å². The first-order chi connectivity index (χ1) is 19.1. The van der Waals surface area contributed by atoms with Gasteiger partial charge in [-0.2, -0.15) is 0 Å². The highest BCUT2D eigenvalue weighted by molar-refractivity contribution is 7.92. The van der Waals surface area contributed by atoms with E-state index < -0.39 is 28.5 Å². The molecule has 0 fully saturated rings. The van der Waals surface area contributed by atoms with Crippen molar-refractivity contribution in [3.8, 4) is 5.75 Å². The van der Waals surface area contributed by atoms with E-state index in [0.717, 1.165) is 9.87 Å². The van der Waals surface area contributed by atoms with Crippen LogP contribution in [0.1, 0.15) is 32.8 Å². The van der Waals surface area contributed by atoms with Crippen molar-refractivity contribution in [1.82, 2.24) is 10.2 Å². The maximum Gasteiger partial charge on any atom is 0.264 e. The van der Waals surface area contributed by atoms with Crippen LogP contribution >= 0.6 is 11.6 Å². The summed E-state index contributed by atoms with van der Waals surface area (Å²) in [5.74, 6) is -0.424. The Kier molecular flexibility index (Phi) is 11.0. The Morgan fingerprint density at radius 2 is 1.60 bits per heavy atom. The number of rotatable bonds is 13. The fourth-order valence-electron chi connectivity index (χ4n) is 4.34. The van der Waals surface area contributed by atoms with Gasteiger partial charge in [0, 0.05) is 12.6 Å². The molecule has 1 atom stereocenters. The summed E-state index contributed by atoms with van der Waals surface area (Å²) >= 11 is 6.35. The number of hydrogen-bond acceptors (Lipinski definition) is 5. The van der Waals surface area contributed by atoms with Crippen LogP contribution in [0.15, 0.2) is 83.8 Å². The number of anilines is 1. The molecule has 3 aromatic rings. The van der Waals surface area contributed by atoms with Crippen molar-refractivity contribution in [2.75, 3.05) is 24.5 Å². The first kappa shape index (κ1) is 31.0. The highest BCUT2D eigenvalue weighted by Crippen LogP contribution is 2.32. The van der Waals surface area contributed by atoms with E-state index in [4.69, 9.17) is 16.3 Å². The number of amides is 2. The molecule has 0 spiro atoms. The van der Waals surface area contributed by atoms with Crippen molar-refractivity contribution in [2.24, 2.45) is 0 Å². The van der Waals surface area contributed by atoms with E-state index in [1.54, 1.807) is 24.3 Å². The second-order valence-electron chi connectivity index (χ2n) is 9.55. The molecule has 0 aliphatic heterocycles. The Balaban J connectivity index is 2.03. The molecule has 8 nitrogen and oxygen atoms in total. The molecular weight excluding hydrogens is 550 g/mol. The first-order valence-corrected chi connectivity index (χ1v) is 14.9. The molecule has 0 saturated carbocycles. The molecule has 40 heavy (non-hydrogen) atoms. The third-order valence-electron chi connectivity index (χ3n) is 6.33. The van der Waals surface area contributed by atoms with Crippen LogP contribution in [0.2, 0.25) is 5.02 Å². The summed E-state index contributed by atoms with van der Waals surface area (Å²) < 4.78 is 34.0. The zero-order valence-corrected chi connectivity index (χ0v) is 24.8. The minimum atomic E-state index is -4.17. The van der Waals surface area contributed by atoms with E-state index in [1.165, 1.54) is 36.3 Å². The molecule has 0 saturated heterocycles. The number of benzene rings is 3. The summed E-state index contributed by atoms with van der Waals surface area (Å²) in [7, 11) is -2.71. The third-order valence-corrected chi connectivity index (χ3v) is 8.42. The number of carbonyl (C=O) groups excluding carboxylic acids is 2. The van der Waals surface area contributed by atoms with Crippen molar-refractivity contribution in [1.29, 1.82) is 0 Å². The summed E-state index contributed by atoms with van der Waals surface area (Å²) in [6.07, 6.45) is 0.858. The minimum absolute atomic E-state index is 0.0233. The summed E-state index contributed by atoms with van der Waals surface area (Å²) in [6.45, 7) is 5.23. The van der Waals surface area contributed by atoms with Gasteiger partial charge in [0.15, 0.2) is 0 Å². The fraction of sp³-hybridized carbons (Fsp3) is 0.333. The van der Waals surface area contributed by atoms with Gasteiger partial charge in [-0.25, -0.2) is 8.42 Å². The van der Waals surface area contributed by atoms with Crippen LogP contribution in [0, 0.1) is 0 Å². The Bertz CT molecular complexity index is 1380. The Hall–Kier alpha value is -3.56. The van der Waals surface area contributed by atoms with Gasteiger partial charge >= 0.3 is 0 Å². The highest BCUT2D eigenvalue weighted by atomic mass is 35.5. The second-order valence-corrected chi connectivity index (χ2v) is 11.8. The van der Waals surface area contributed by atoms with Crippen LogP contribution in [-0.4, -0.2) is 57.4 Å².